The molecule has 0 spiro atoms. The van der Waals surface area contributed by atoms with Crippen molar-refractivity contribution < 1.29 is 9.00 Å². The van der Waals surface area contributed by atoms with Gasteiger partial charge in [0.15, 0.2) is 0 Å². The Morgan fingerprint density at radius 2 is 1.70 bits per heavy atom. The Morgan fingerprint density at radius 1 is 1.10 bits per heavy atom. The predicted octanol–water partition coefficient (Wildman–Crippen LogP) is 2.78. The van der Waals surface area contributed by atoms with E-state index in [4.69, 9.17) is 5.73 Å². The molecule has 0 saturated heterocycles. The molecule has 0 bridgehead atoms. The lowest BCUT2D eigenvalue weighted by Gasteiger charge is -2.06. The van der Waals surface area contributed by atoms with E-state index in [0.717, 1.165) is 4.47 Å². The summed E-state index contributed by atoms with van der Waals surface area (Å²) in [6.07, 6.45) is 0. The topological polar surface area (TPSA) is 72.2 Å². The van der Waals surface area contributed by atoms with Crippen molar-refractivity contribution >= 4 is 44.0 Å². The fourth-order valence-electron chi connectivity index (χ4n) is 1.55. The normalized spacial score (nSPS) is 11.8. The number of nitrogens with two attached hydrogens (primary N) is 1. The lowest BCUT2D eigenvalue weighted by molar-refractivity contribution is -0.113. The standard InChI is InChI=1S/C14H13BrN2O2S/c15-10-1-7-13(8-2-10)20(19)9-14(18)17-12-5-3-11(16)4-6-12/h1-8H,9,16H2,(H,17,18). The fourth-order valence-corrected chi connectivity index (χ4v) is 2.73. The van der Waals surface area contributed by atoms with E-state index in [9.17, 15) is 9.00 Å². The second-order valence-corrected chi connectivity index (χ2v) is 6.48. The molecule has 6 heteroatoms. The molecule has 2 aromatic rings. The molecule has 0 aliphatic carbocycles. The number of carbonyl (C=O) groups is 1. The lowest BCUT2D eigenvalue weighted by Crippen LogP contribution is -2.19. The highest BCUT2D eigenvalue weighted by molar-refractivity contribution is 9.10. The van der Waals surface area contributed by atoms with Gasteiger partial charge in [-0.1, -0.05) is 15.9 Å². The molecule has 1 atom stereocenters. The number of anilines is 2. The lowest BCUT2D eigenvalue weighted by atomic mass is 10.3. The Bertz CT molecular complexity index is 627. The second kappa shape index (κ2) is 6.67. The summed E-state index contributed by atoms with van der Waals surface area (Å²) < 4.78 is 12.9. The van der Waals surface area contributed by atoms with Crippen molar-refractivity contribution in [3.05, 3.63) is 53.0 Å². The van der Waals surface area contributed by atoms with Crippen LogP contribution in [0, 0.1) is 0 Å². The summed E-state index contributed by atoms with van der Waals surface area (Å²) in [5.74, 6) is -0.373. The van der Waals surface area contributed by atoms with Crippen molar-refractivity contribution in [1.29, 1.82) is 0 Å². The third-order valence-electron chi connectivity index (χ3n) is 2.53. The molecule has 0 fully saturated rings. The molecular weight excluding hydrogens is 340 g/mol. The molecule has 0 aliphatic heterocycles. The van der Waals surface area contributed by atoms with Crippen LogP contribution in [0.3, 0.4) is 0 Å². The van der Waals surface area contributed by atoms with Crippen molar-refractivity contribution in [3.63, 3.8) is 0 Å². The van der Waals surface area contributed by atoms with E-state index in [1.54, 1.807) is 48.5 Å². The van der Waals surface area contributed by atoms with E-state index in [2.05, 4.69) is 21.2 Å². The molecule has 0 heterocycles. The third-order valence-corrected chi connectivity index (χ3v) is 4.38. The Kier molecular flexibility index (Phi) is 4.92. The Labute approximate surface area is 128 Å². The highest BCUT2D eigenvalue weighted by atomic mass is 79.9. The highest BCUT2D eigenvalue weighted by Crippen LogP contribution is 2.14. The largest absolute Gasteiger partial charge is 0.399 e. The fraction of sp³-hybridized carbons (Fsp3) is 0.0714. The van der Waals surface area contributed by atoms with Crippen LogP contribution in [0.4, 0.5) is 11.4 Å². The van der Waals surface area contributed by atoms with Gasteiger partial charge in [-0.15, -0.1) is 0 Å². The molecule has 20 heavy (non-hydrogen) atoms. The summed E-state index contributed by atoms with van der Waals surface area (Å²) in [6, 6.07) is 13.9. The smallest absolute Gasteiger partial charge is 0.237 e. The molecular formula is C14H13BrN2O2S. The number of rotatable bonds is 4. The number of carbonyl (C=O) groups excluding carboxylic acids is 1. The molecule has 0 radical (unpaired) electrons. The molecule has 1 amide bonds. The van der Waals surface area contributed by atoms with Crippen LogP contribution in [0.5, 0.6) is 0 Å². The van der Waals surface area contributed by atoms with Gasteiger partial charge in [0.2, 0.25) is 5.91 Å². The van der Waals surface area contributed by atoms with Crippen molar-refractivity contribution in [2.24, 2.45) is 0 Å². The summed E-state index contributed by atoms with van der Waals surface area (Å²) in [5, 5.41) is 2.68. The molecule has 1 unspecified atom stereocenters. The molecule has 3 N–H and O–H groups in total. The average molecular weight is 353 g/mol. The van der Waals surface area contributed by atoms with Crippen molar-refractivity contribution in [3.8, 4) is 0 Å². The SMILES string of the molecule is Nc1ccc(NC(=O)CS(=O)c2ccc(Br)cc2)cc1. The maximum absolute atomic E-state index is 12.0. The van der Waals surface area contributed by atoms with E-state index in [1.807, 2.05) is 0 Å². The summed E-state index contributed by atoms with van der Waals surface area (Å²) in [5.41, 5.74) is 6.82. The van der Waals surface area contributed by atoms with Crippen molar-refractivity contribution in [1.82, 2.24) is 0 Å². The molecule has 0 aliphatic rings. The van der Waals surface area contributed by atoms with Crippen LogP contribution in [0.2, 0.25) is 0 Å². The van der Waals surface area contributed by atoms with Crippen LogP contribution < -0.4 is 11.1 Å². The van der Waals surface area contributed by atoms with Gasteiger partial charge in [0, 0.05) is 20.7 Å². The number of benzene rings is 2. The minimum Gasteiger partial charge on any atom is -0.399 e. The van der Waals surface area contributed by atoms with E-state index >= 15 is 0 Å². The first-order chi connectivity index (χ1) is 9.54. The van der Waals surface area contributed by atoms with E-state index in [1.165, 1.54) is 0 Å². The number of hydrogen-bond acceptors (Lipinski definition) is 3. The number of halogens is 1. The average Bonchev–Trinajstić information content (AvgIpc) is 2.42. The second-order valence-electron chi connectivity index (χ2n) is 4.11. The first kappa shape index (κ1) is 14.7. The predicted molar refractivity (Wildman–Crippen MR) is 84.9 cm³/mol. The molecule has 2 rings (SSSR count). The van der Waals surface area contributed by atoms with E-state index in [0.29, 0.717) is 16.3 Å². The quantitative estimate of drug-likeness (QED) is 0.831. The van der Waals surface area contributed by atoms with Crippen LogP contribution in [-0.4, -0.2) is 15.9 Å². The summed E-state index contributed by atoms with van der Waals surface area (Å²) in [6.45, 7) is 0. The number of nitrogen functional groups attached to an aromatic ring is 1. The molecule has 0 aromatic heterocycles. The zero-order valence-electron chi connectivity index (χ0n) is 10.5. The van der Waals surface area contributed by atoms with Gasteiger partial charge in [0.05, 0.1) is 10.8 Å². The van der Waals surface area contributed by atoms with Crippen LogP contribution in [0.15, 0.2) is 57.9 Å². The number of nitrogens with one attached hydrogen (secondary N) is 1. The molecule has 2 aromatic carbocycles. The summed E-state index contributed by atoms with van der Waals surface area (Å²) in [4.78, 5) is 12.4. The minimum absolute atomic E-state index is 0.0774. The minimum atomic E-state index is -1.36. The number of amides is 1. The van der Waals surface area contributed by atoms with Gasteiger partial charge in [0.1, 0.15) is 5.75 Å². The van der Waals surface area contributed by atoms with Gasteiger partial charge in [-0.2, -0.15) is 0 Å². The van der Waals surface area contributed by atoms with Crippen LogP contribution in [-0.2, 0) is 15.6 Å². The molecule has 0 saturated carbocycles. The Balaban J connectivity index is 1.95. The van der Waals surface area contributed by atoms with E-state index < -0.39 is 10.8 Å². The van der Waals surface area contributed by atoms with Gasteiger partial charge < -0.3 is 11.1 Å². The molecule has 104 valence electrons. The van der Waals surface area contributed by atoms with Crippen molar-refractivity contribution in [2.45, 2.75) is 4.90 Å². The summed E-state index contributed by atoms with van der Waals surface area (Å²) in [7, 11) is -1.36. The zero-order valence-corrected chi connectivity index (χ0v) is 12.9. The van der Waals surface area contributed by atoms with Crippen LogP contribution in [0.25, 0.3) is 0 Å². The zero-order chi connectivity index (χ0) is 14.5. The van der Waals surface area contributed by atoms with Crippen LogP contribution in [0.1, 0.15) is 0 Å². The van der Waals surface area contributed by atoms with E-state index in [-0.39, 0.29) is 11.7 Å². The van der Waals surface area contributed by atoms with Gasteiger partial charge >= 0.3 is 0 Å². The maximum Gasteiger partial charge on any atom is 0.237 e. The van der Waals surface area contributed by atoms with Crippen molar-refractivity contribution in [2.75, 3.05) is 16.8 Å². The number of hydrogen-bond donors (Lipinski definition) is 2. The highest BCUT2D eigenvalue weighted by Gasteiger charge is 2.10. The monoisotopic (exact) mass is 352 g/mol. The third kappa shape index (κ3) is 4.18. The van der Waals surface area contributed by atoms with Gasteiger partial charge in [-0.05, 0) is 48.5 Å². The van der Waals surface area contributed by atoms with Gasteiger partial charge in [0.25, 0.3) is 0 Å². The molecule has 4 nitrogen and oxygen atoms in total. The van der Waals surface area contributed by atoms with Crippen LogP contribution >= 0.6 is 15.9 Å². The van der Waals surface area contributed by atoms with Gasteiger partial charge in [-0.3, -0.25) is 9.00 Å². The summed E-state index contributed by atoms with van der Waals surface area (Å²) >= 11 is 3.31. The Hall–Kier alpha value is -1.66. The Morgan fingerprint density at radius 3 is 2.30 bits per heavy atom. The maximum atomic E-state index is 12.0. The van der Waals surface area contributed by atoms with Gasteiger partial charge in [-0.25, -0.2) is 0 Å². The first-order valence-corrected chi connectivity index (χ1v) is 7.95. The first-order valence-electron chi connectivity index (χ1n) is 5.84.